The van der Waals surface area contributed by atoms with Crippen molar-refractivity contribution in [1.82, 2.24) is 9.80 Å². The topological polar surface area (TPSA) is 49.6 Å². The van der Waals surface area contributed by atoms with Crippen molar-refractivity contribution in [3.63, 3.8) is 0 Å². The first kappa shape index (κ1) is 14.2. The number of nitrogens with two attached hydrogens (primary N) is 1. The highest BCUT2D eigenvalue weighted by molar-refractivity contribution is 5.76. The summed E-state index contributed by atoms with van der Waals surface area (Å²) in [5, 5.41) is 0. The molecule has 1 atom stereocenters. The summed E-state index contributed by atoms with van der Waals surface area (Å²) in [7, 11) is 0. The zero-order valence-corrected chi connectivity index (χ0v) is 10.9. The third-order valence-electron chi connectivity index (χ3n) is 3.49. The summed E-state index contributed by atoms with van der Waals surface area (Å²) in [6, 6.07) is 0. The standard InChI is InChI=1S/C13H25N3O/c1-3-5-15-6-8-16(9-7-15)13(17)10-12(4-2)11-14/h3,12H,1,4-11,14H2,2H3. The van der Waals surface area contributed by atoms with Crippen molar-refractivity contribution >= 4 is 5.91 Å². The quantitative estimate of drug-likeness (QED) is 0.694. The number of nitrogens with zero attached hydrogens (tertiary/aromatic N) is 2. The Hall–Kier alpha value is -0.870. The fourth-order valence-corrected chi connectivity index (χ4v) is 2.13. The van der Waals surface area contributed by atoms with Crippen LogP contribution in [0.25, 0.3) is 0 Å². The SMILES string of the molecule is C=CCN1CCN(C(=O)CC(CC)CN)CC1. The lowest BCUT2D eigenvalue weighted by atomic mass is 10.0. The molecule has 0 radical (unpaired) electrons. The molecule has 0 bridgehead atoms. The van der Waals surface area contributed by atoms with E-state index < -0.39 is 0 Å². The molecular formula is C13H25N3O. The Labute approximate surface area is 104 Å². The molecule has 0 saturated carbocycles. The first-order valence-corrected chi connectivity index (χ1v) is 6.52. The van der Waals surface area contributed by atoms with Gasteiger partial charge in [0.25, 0.3) is 0 Å². The molecule has 0 spiro atoms. The Balaban J connectivity index is 2.32. The van der Waals surface area contributed by atoms with Crippen molar-refractivity contribution in [3.05, 3.63) is 12.7 Å². The minimum atomic E-state index is 0.264. The van der Waals surface area contributed by atoms with Crippen molar-refractivity contribution < 1.29 is 4.79 Å². The predicted octanol–water partition coefficient (Wildman–Crippen LogP) is 0.692. The van der Waals surface area contributed by atoms with Crippen molar-refractivity contribution in [3.8, 4) is 0 Å². The number of hydrogen-bond donors (Lipinski definition) is 1. The van der Waals surface area contributed by atoms with E-state index in [0.717, 1.165) is 39.1 Å². The van der Waals surface area contributed by atoms with Crippen LogP contribution in [0.1, 0.15) is 19.8 Å². The normalized spacial score (nSPS) is 19.1. The van der Waals surface area contributed by atoms with E-state index in [1.807, 2.05) is 11.0 Å². The van der Waals surface area contributed by atoms with E-state index in [9.17, 15) is 4.79 Å². The van der Waals surface area contributed by atoms with Crippen LogP contribution in [0.5, 0.6) is 0 Å². The average molecular weight is 239 g/mol. The molecule has 1 rings (SSSR count). The molecule has 0 aliphatic carbocycles. The number of rotatable bonds is 6. The number of hydrogen-bond acceptors (Lipinski definition) is 3. The summed E-state index contributed by atoms with van der Waals surface area (Å²) in [6.07, 6.45) is 3.51. The van der Waals surface area contributed by atoms with Crippen molar-refractivity contribution in [2.24, 2.45) is 11.7 Å². The smallest absolute Gasteiger partial charge is 0.222 e. The van der Waals surface area contributed by atoms with Gasteiger partial charge in [0.05, 0.1) is 0 Å². The maximum atomic E-state index is 12.0. The van der Waals surface area contributed by atoms with Crippen molar-refractivity contribution in [1.29, 1.82) is 0 Å². The highest BCUT2D eigenvalue weighted by Gasteiger charge is 2.21. The van der Waals surface area contributed by atoms with Gasteiger partial charge in [-0.1, -0.05) is 19.4 Å². The Morgan fingerprint density at radius 1 is 1.41 bits per heavy atom. The molecule has 0 aromatic carbocycles. The first-order chi connectivity index (χ1) is 8.21. The van der Waals surface area contributed by atoms with Gasteiger partial charge in [-0.05, 0) is 12.5 Å². The molecular weight excluding hydrogens is 214 g/mol. The van der Waals surface area contributed by atoms with Gasteiger partial charge < -0.3 is 10.6 Å². The number of piperazine rings is 1. The van der Waals surface area contributed by atoms with E-state index in [-0.39, 0.29) is 5.91 Å². The predicted molar refractivity (Wildman–Crippen MR) is 70.7 cm³/mol. The molecule has 1 unspecified atom stereocenters. The molecule has 0 aromatic rings. The molecule has 1 aliphatic rings. The molecule has 1 aliphatic heterocycles. The zero-order chi connectivity index (χ0) is 12.7. The van der Waals surface area contributed by atoms with E-state index in [4.69, 9.17) is 5.73 Å². The lowest BCUT2D eigenvalue weighted by Crippen LogP contribution is -2.49. The summed E-state index contributed by atoms with van der Waals surface area (Å²) >= 11 is 0. The Morgan fingerprint density at radius 3 is 2.53 bits per heavy atom. The number of amides is 1. The van der Waals surface area contributed by atoms with E-state index in [1.165, 1.54) is 0 Å². The van der Waals surface area contributed by atoms with E-state index in [2.05, 4.69) is 18.4 Å². The van der Waals surface area contributed by atoms with Gasteiger partial charge in [-0.2, -0.15) is 0 Å². The molecule has 2 N–H and O–H groups in total. The third kappa shape index (κ3) is 4.48. The van der Waals surface area contributed by atoms with Crippen LogP contribution in [0.15, 0.2) is 12.7 Å². The fourth-order valence-electron chi connectivity index (χ4n) is 2.13. The van der Waals surface area contributed by atoms with Crippen LogP contribution in [-0.2, 0) is 4.79 Å². The van der Waals surface area contributed by atoms with Gasteiger partial charge in [0.15, 0.2) is 0 Å². The van der Waals surface area contributed by atoms with Crippen LogP contribution in [0.3, 0.4) is 0 Å². The van der Waals surface area contributed by atoms with Gasteiger partial charge in [-0.25, -0.2) is 0 Å². The highest BCUT2D eigenvalue weighted by atomic mass is 16.2. The molecule has 0 aromatic heterocycles. The summed E-state index contributed by atoms with van der Waals surface area (Å²) in [5.41, 5.74) is 5.63. The molecule has 17 heavy (non-hydrogen) atoms. The fraction of sp³-hybridized carbons (Fsp3) is 0.769. The highest BCUT2D eigenvalue weighted by Crippen LogP contribution is 2.11. The molecule has 1 fully saturated rings. The van der Waals surface area contributed by atoms with Gasteiger partial charge in [-0.3, -0.25) is 9.69 Å². The lowest BCUT2D eigenvalue weighted by molar-refractivity contribution is -0.133. The molecule has 4 nitrogen and oxygen atoms in total. The third-order valence-corrected chi connectivity index (χ3v) is 3.49. The lowest BCUT2D eigenvalue weighted by Gasteiger charge is -2.34. The van der Waals surface area contributed by atoms with Crippen LogP contribution in [0.2, 0.25) is 0 Å². The van der Waals surface area contributed by atoms with Gasteiger partial charge in [-0.15, -0.1) is 6.58 Å². The molecule has 1 amide bonds. The van der Waals surface area contributed by atoms with Crippen LogP contribution < -0.4 is 5.73 Å². The summed E-state index contributed by atoms with van der Waals surface area (Å²) in [4.78, 5) is 16.3. The second-order valence-corrected chi connectivity index (χ2v) is 4.68. The molecule has 4 heteroatoms. The van der Waals surface area contributed by atoms with E-state index in [0.29, 0.717) is 18.9 Å². The summed E-state index contributed by atoms with van der Waals surface area (Å²) in [5.74, 6) is 0.606. The van der Waals surface area contributed by atoms with Gasteiger partial charge in [0.2, 0.25) is 5.91 Å². The Bertz CT molecular complexity index is 243. The maximum absolute atomic E-state index is 12.0. The first-order valence-electron chi connectivity index (χ1n) is 6.52. The van der Waals surface area contributed by atoms with Crippen molar-refractivity contribution in [2.45, 2.75) is 19.8 Å². The second-order valence-electron chi connectivity index (χ2n) is 4.68. The maximum Gasteiger partial charge on any atom is 0.222 e. The van der Waals surface area contributed by atoms with Crippen LogP contribution >= 0.6 is 0 Å². The largest absolute Gasteiger partial charge is 0.340 e. The van der Waals surface area contributed by atoms with Gasteiger partial charge >= 0.3 is 0 Å². The van der Waals surface area contributed by atoms with Gasteiger partial charge in [0.1, 0.15) is 0 Å². The van der Waals surface area contributed by atoms with E-state index in [1.54, 1.807) is 0 Å². The van der Waals surface area contributed by atoms with Gasteiger partial charge in [0, 0.05) is 39.1 Å². The number of carbonyl (C=O) groups is 1. The Morgan fingerprint density at radius 2 is 2.06 bits per heavy atom. The summed E-state index contributed by atoms with van der Waals surface area (Å²) in [6.45, 7) is 10.9. The van der Waals surface area contributed by atoms with Crippen LogP contribution in [-0.4, -0.2) is 55.0 Å². The monoisotopic (exact) mass is 239 g/mol. The Kier molecular flexibility index (Phi) is 6.22. The minimum absolute atomic E-state index is 0.264. The van der Waals surface area contributed by atoms with E-state index >= 15 is 0 Å². The second kappa shape index (κ2) is 7.45. The molecule has 1 heterocycles. The average Bonchev–Trinajstić information content (AvgIpc) is 2.37. The van der Waals surface area contributed by atoms with Crippen LogP contribution in [0.4, 0.5) is 0 Å². The van der Waals surface area contributed by atoms with Crippen LogP contribution in [0, 0.1) is 5.92 Å². The minimum Gasteiger partial charge on any atom is -0.340 e. The molecule has 1 saturated heterocycles. The molecule has 98 valence electrons. The number of carbonyl (C=O) groups excluding carboxylic acids is 1. The zero-order valence-electron chi connectivity index (χ0n) is 10.9. The van der Waals surface area contributed by atoms with Crippen molar-refractivity contribution in [2.75, 3.05) is 39.3 Å². The summed E-state index contributed by atoms with van der Waals surface area (Å²) < 4.78 is 0.